The number of nitrogens with one attached hydrogen (secondary N) is 2. The summed E-state index contributed by atoms with van der Waals surface area (Å²) in [6.45, 7) is 13.4. The molecule has 2 aliphatic carbocycles. The SMILES string of the molecule is CC1=C(C)C(C)=C(c2cc3ccccc3[nH]2)C1.CC1=C(C)C(C)=C(c2cc3ccccc3[nH]2)C1.[CH3][Ti][CH3]. The van der Waals surface area contributed by atoms with Crippen molar-refractivity contribution in [2.24, 2.45) is 0 Å². The number of allylic oxidation sites excluding steroid dienone is 8. The molecule has 0 bridgehead atoms. The first-order chi connectivity index (χ1) is 17.7. The zero-order valence-electron chi connectivity index (χ0n) is 23.7. The standard InChI is InChI=1S/2C16H17N.2CH3.Ti/c2*1-10-8-14(12(3)11(10)2)16-9-13-6-4-5-7-15(13)17-16;;;/h2*4-7,9,17H,8H2,1-3H3;2*1H3;. The van der Waals surface area contributed by atoms with Crippen LogP contribution >= 0.6 is 0 Å². The Kier molecular flexibility index (Phi) is 8.62. The Bertz CT molecular complexity index is 1380. The molecule has 190 valence electrons. The van der Waals surface area contributed by atoms with Crippen LogP contribution in [0.15, 0.2) is 94.1 Å². The molecule has 2 aromatic heterocycles. The van der Waals surface area contributed by atoms with Gasteiger partial charge in [0.2, 0.25) is 0 Å². The number of hydrogen-bond donors (Lipinski definition) is 2. The Balaban J connectivity index is 0.000000157. The van der Waals surface area contributed by atoms with E-state index in [0.717, 1.165) is 12.8 Å². The second-order valence-corrected chi connectivity index (χ2v) is 12.0. The number of para-hydroxylation sites is 2. The first kappa shape index (κ1) is 27.2. The zero-order valence-corrected chi connectivity index (χ0v) is 25.2. The Labute approximate surface area is 231 Å². The van der Waals surface area contributed by atoms with Crippen molar-refractivity contribution in [1.82, 2.24) is 9.97 Å². The molecule has 2 nitrogen and oxygen atoms in total. The van der Waals surface area contributed by atoms with Crippen molar-refractivity contribution in [3.05, 3.63) is 105 Å². The van der Waals surface area contributed by atoms with Crippen LogP contribution in [0.1, 0.15) is 65.8 Å². The van der Waals surface area contributed by atoms with Gasteiger partial charge < -0.3 is 9.97 Å². The first-order valence-electron chi connectivity index (χ1n) is 13.2. The average molecular weight is 525 g/mol. The van der Waals surface area contributed by atoms with Crippen molar-refractivity contribution in [3.8, 4) is 0 Å². The van der Waals surface area contributed by atoms with E-state index in [2.05, 4.69) is 123 Å². The van der Waals surface area contributed by atoms with Crippen LogP contribution in [0, 0.1) is 0 Å². The first-order valence-corrected chi connectivity index (χ1v) is 16.3. The van der Waals surface area contributed by atoms with Crippen molar-refractivity contribution in [3.63, 3.8) is 0 Å². The van der Waals surface area contributed by atoms with Gasteiger partial charge in [-0.15, -0.1) is 0 Å². The van der Waals surface area contributed by atoms with E-state index < -0.39 is 0 Å². The normalized spacial score (nSPS) is 15.5. The Morgan fingerprint density at radius 3 is 1.19 bits per heavy atom. The molecule has 0 aliphatic heterocycles. The summed E-state index contributed by atoms with van der Waals surface area (Å²) in [5.41, 5.74) is 16.7. The van der Waals surface area contributed by atoms with Gasteiger partial charge in [0.15, 0.2) is 0 Å². The molecule has 0 radical (unpaired) electrons. The summed E-state index contributed by atoms with van der Waals surface area (Å²) in [6.07, 6.45) is 2.18. The van der Waals surface area contributed by atoms with E-state index in [9.17, 15) is 0 Å². The fourth-order valence-electron chi connectivity index (χ4n) is 5.22. The molecule has 0 saturated heterocycles. The molecule has 0 fully saturated rings. The predicted octanol–water partition coefficient (Wildman–Crippen LogP) is 10.5. The Morgan fingerprint density at radius 2 is 0.892 bits per heavy atom. The number of fused-ring (bicyclic) bond motifs is 2. The van der Waals surface area contributed by atoms with Crippen molar-refractivity contribution in [2.75, 3.05) is 0 Å². The number of H-pyrrole nitrogens is 2. The molecule has 37 heavy (non-hydrogen) atoms. The molecular formula is C34H40N2Ti. The van der Waals surface area contributed by atoms with Crippen LogP contribution in [0.25, 0.3) is 33.0 Å². The summed E-state index contributed by atoms with van der Waals surface area (Å²) >= 11 is 0.500. The predicted molar refractivity (Wildman–Crippen MR) is 159 cm³/mol. The van der Waals surface area contributed by atoms with Crippen molar-refractivity contribution in [2.45, 2.75) is 64.8 Å². The van der Waals surface area contributed by atoms with Gasteiger partial charge in [-0.2, -0.15) is 0 Å². The fourth-order valence-corrected chi connectivity index (χ4v) is 5.22. The van der Waals surface area contributed by atoms with Gasteiger partial charge in [0, 0.05) is 22.4 Å². The molecule has 2 heterocycles. The van der Waals surface area contributed by atoms with Crippen LogP contribution in [-0.2, 0) is 19.2 Å². The minimum absolute atomic E-state index is 0.500. The van der Waals surface area contributed by atoms with Gasteiger partial charge in [-0.3, -0.25) is 0 Å². The van der Waals surface area contributed by atoms with Crippen LogP contribution in [0.3, 0.4) is 0 Å². The van der Waals surface area contributed by atoms with E-state index in [1.54, 1.807) is 0 Å². The van der Waals surface area contributed by atoms with E-state index in [-0.39, 0.29) is 0 Å². The second kappa shape index (κ2) is 11.7. The molecule has 0 saturated carbocycles. The summed E-state index contributed by atoms with van der Waals surface area (Å²) in [5, 5.41) is 7.09. The Morgan fingerprint density at radius 1 is 0.541 bits per heavy atom. The number of aromatic nitrogens is 2. The van der Waals surface area contributed by atoms with Crippen LogP contribution in [0.2, 0.25) is 10.5 Å². The third kappa shape index (κ3) is 5.71. The van der Waals surface area contributed by atoms with E-state index >= 15 is 0 Å². The van der Waals surface area contributed by atoms with E-state index in [4.69, 9.17) is 0 Å². The topological polar surface area (TPSA) is 31.6 Å². The molecule has 0 spiro atoms. The van der Waals surface area contributed by atoms with Crippen LogP contribution in [-0.4, -0.2) is 9.97 Å². The van der Waals surface area contributed by atoms with Crippen LogP contribution in [0.4, 0.5) is 0 Å². The van der Waals surface area contributed by atoms with Crippen LogP contribution in [0.5, 0.6) is 0 Å². The summed E-state index contributed by atoms with van der Waals surface area (Å²) < 4.78 is 0. The summed E-state index contributed by atoms with van der Waals surface area (Å²) in [7, 11) is 0. The molecule has 2 aromatic carbocycles. The molecule has 0 atom stereocenters. The van der Waals surface area contributed by atoms with E-state index in [0.29, 0.717) is 19.2 Å². The Hall–Kier alpha value is -2.81. The fraction of sp³-hybridized carbons (Fsp3) is 0.294. The van der Waals surface area contributed by atoms with E-state index in [1.807, 2.05) is 0 Å². The summed E-state index contributed by atoms with van der Waals surface area (Å²) in [6, 6.07) is 21.4. The van der Waals surface area contributed by atoms with Crippen LogP contribution < -0.4 is 0 Å². The number of benzene rings is 2. The molecular weight excluding hydrogens is 484 g/mol. The third-order valence-electron chi connectivity index (χ3n) is 7.90. The average Bonchev–Trinajstić information content (AvgIpc) is 3.63. The van der Waals surface area contributed by atoms with Crippen molar-refractivity contribution < 1.29 is 19.2 Å². The van der Waals surface area contributed by atoms with E-state index in [1.165, 1.54) is 77.8 Å². The van der Waals surface area contributed by atoms with Crippen molar-refractivity contribution in [1.29, 1.82) is 0 Å². The van der Waals surface area contributed by atoms with Gasteiger partial charge >= 0.3 is 29.6 Å². The summed E-state index contributed by atoms with van der Waals surface area (Å²) in [5.74, 6) is 0. The third-order valence-corrected chi connectivity index (χ3v) is 7.90. The molecule has 0 unspecified atom stereocenters. The molecule has 6 rings (SSSR count). The van der Waals surface area contributed by atoms with Crippen molar-refractivity contribution >= 4 is 33.0 Å². The monoisotopic (exact) mass is 524 g/mol. The van der Waals surface area contributed by atoms with Gasteiger partial charge in [-0.1, -0.05) is 47.5 Å². The van der Waals surface area contributed by atoms with Gasteiger partial charge in [0.05, 0.1) is 0 Å². The number of hydrogen-bond acceptors (Lipinski definition) is 0. The van der Waals surface area contributed by atoms with Gasteiger partial charge in [-0.05, 0) is 123 Å². The number of aromatic amines is 2. The quantitative estimate of drug-likeness (QED) is 0.245. The molecule has 2 aliphatic rings. The molecule has 0 amide bonds. The summed E-state index contributed by atoms with van der Waals surface area (Å²) in [4.78, 5) is 7.05. The number of rotatable bonds is 2. The molecule has 2 N–H and O–H groups in total. The maximum absolute atomic E-state index is 3.52. The maximum atomic E-state index is 3.52. The second-order valence-electron chi connectivity index (χ2n) is 10.4. The minimum atomic E-state index is 0.500. The van der Waals surface area contributed by atoms with Gasteiger partial charge in [-0.25, -0.2) is 0 Å². The van der Waals surface area contributed by atoms with Gasteiger partial charge in [0.1, 0.15) is 0 Å². The van der Waals surface area contributed by atoms with Gasteiger partial charge in [0.25, 0.3) is 0 Å². The molecule has 3 heteroatoms. The zero-order chi connectivity index (χ0) is 26.7. The molecule has 4 aromatic rings.